The van der Waals surface area contributed by atoms with Gasteiger partial charge in [0.05, 0.1) is 0 Å². The molecule has 4 rings (SSSR count). The van der Waals surface area contributed by atoms with E-state index >= 15 is 0 Å². The number of likely N-dealkylation sites (tertiary alicyclic amines) is 1. The molecule has 1 saturated carbocycles. The van der Waals surface area contributed by atoms with E-state index in [4.69, 9.17) is 4.99 Å². The highest BCUT2D eigenvalue weighted by Gasteiger charge is 2.27. The van der Waals surface area contributed by atoms with Crippen LogP contribution in [0.4, 0.5) is 0 Å². The molecule has 1 amide bonds. The summed E-state index contributed by atoms with van der Waals surface area (Å²) >= 11 is 0. The molecule has 0 bridgehead atoms. The predicted octanol–water partition coefficient (Wildman–Crippen LogP) is 3.66. The van der Waals surface area contributed by atoms with E-state index in [0.717, 1.165) is 44.6 Å². The summed E-state index contributed by atoms with van der Waals surface area (Å²) in [5.41, 5.74) is 2.57. The maximum atomic E-state index is 12.6. The van der Waals surface area contributed by atoms with Gasteiger partial charge in [0.15, 0.2) is 5.96 Å². The molecule has 2 fully saturated rings. The number of piperidine rings is 1. The van der Waals surface area contributed by atoms with E-state index in [0.29, 0.717) is 19.0 Å². The molecule has 1 saturated heterocycles. The fourth-order valence-corrected chi connectivity index (χ4v) is 5.50. The van der Waals surface area contributed by atoms with Gasteiger partial charge in [-0.2, -0.15) is 0 Å². The Hall–Kier alpha value is -2.08. The molecule has 2 N–H and O–H groups in total. The second-order valence-corrected chi connectivity index (χ2v) is 9.65. The molecule has 1 aromatic rings. The zero-order valence-corrected chi connectivity index (χ0v) is 19.8. The van der Waals surface area contributed by atoms with E-state index in [9.17, 15) is 4.79 Å². The molecule has 2 heterocycles. The Morgan fingerprint density at radius 2 is 1.81 bits per heavy atom. The van der Waals surface area contributed by atoms with E-state index in [1.807, 2.05) is 4.90 Å². The van der Waals surface area contributed by atoms with Gasteiger partial charge in [0, 0.05) is 51.2 Å². The van der Waals surface area contributed by atoms with Gasteiger partial charge in [0.25, 0.3) is 0 Å². The van der Waals surface area contributed by atoms with Gasteiger partial charge < -0.3 is 15.5 Å². The number of hydrogen-bond donors (Lipinski definition) is 2. The monoisotopic (exact) mass is 439 g/mol. The number of amides is 1. The van der Waals surface area contributed by atoms with Crippen LogP contribution < -0.4 is 10.6 Å². The summed E-state index contributed by atoms with van der Waals surface area (Å²) in [4.78, 5) is 22.1. The molecule has 6 heteroatoms. The van der Waals surface area contributed by atoms with Crippen LogP contribution in [0.25, 0.3) is 0 Å². The third-order valence-corrected chi connectivity index (χ3v) is 7.24. The second-order valence-electron chi connectivity index (χ2n) is 9.65. The van der Waals surface area contributed by atoms with Crippen molar-refractivity contribution in [1.82, 2.24) is 20.4 Å². The first kappa shape index (κ1) is 23.1. The largest absolute Gasteiger partial charge is 0.357 e. The zero-order chi connectivity index (χ0) is 22.2. The van der Waals surface area contributed by atoms with E-state index in [2.05, 4.69) is 46.7 Å². The molecule has 1 aliphatic carbocycles. The zero-order valence-electron chi connectivity index (χ0n) is 19.8. The van der Waals surface area contributed by atoms with Gasteiger partial charge in [-0.3, -0.25) is 14.7 Å². The summed E-state index contributed by atoms with van der Waals surface area (Å²) in [6, 6.07) is 9.61. The van der Waals surface area contributed by atoms with Gasteiger partial charge in [-0.05, 0) is 56.7 Å². The van der Waals surface area contributed by atoms with E-state index in [1.165, 1.54) is 62.6 Å². The van der Waals surface area contributed by atoms with Crippen LogP contribution in [0.1, 0.15) is 75.8 Å². The Labute approximate surface area is 193 Å². The van der Waals surface area contributed by atoms with Crippen LogP contribution in [0.5, 0.6) is 0 Å². The van der Waals surface area contributed by atoms with Crippen molar-refractivity contribution < 1.29 is 4.79 Å². The standard InChI is InChI=1S/C26H41N5O/c1-2-27-26(29-23-12-9-17-30(20-23)24-13-4-3-5-14-24)28-16-8-15-25(32)31-18-21-10-6-7-11-22(21)19-31/h6-7,10-11,23-24H,2-5,8-9,12-20H2,1H3,(H2,27,28,29). The number of guanidine groups is 1. The molecule has 3 aliphatic rings. The highest BCUT2D eigenvalue weighted by atomic mass is 16.2. The highest BCUT2D eigenvalue weighted by molar-refractivity contribution is 5.80. The first-order chi connectivity index (χ1) is 15.7. The summed E-state index contributed by atoms with van der Waals surface area (Å²) in [6.07, 6.45) is 10.8. The molecule has 1 atom stereocenters. The number of carbonyl (C=O) groups excluding carboxylic acids is 1. The van der Waals surface area contributed by atoms with Crippen LogP contribution >= 0.6 is 0 Å². The quantitative estimate of drug-likeness (QED) is 0.387. The molecular formula is C26H41N5O. The van der Waals surface area contributed by atoms with Crippen molar-refractivity contribution in [2.24, 2.45) is 4.99 Å². The second kappa shape index (κ2) is 11.7. The maximum Gasteiger partial charge on any atom is 0.223 e. The number of nitrogens with one attached hydrogen (secondary N) is 2. The number of carbonyl (C=O) groups is 1. The van der Waals surface area contributed by atoms with Crippen molar-refractivity contribution in [3.8, 4) is 0 Å². The van der Waals surface area contributed by atoms with Gasteiger partial charge in [-0.1, -0.05) is 43.5 Å². The molecule has 32 heavy (non-hydrogen) atoms. The fourth-order valence-electron chi connectivity index (χ4n) is 5.50. The molecule has 1 aromatic carbocycles. The predicted molar refractivity (Wildman–Crippen MR) is 131 cm³/mol. The Morgan fingerprint density at radius 1 is 1.06 bits per heavy atom. The van der Waals surface area contributed by atoms with Crippen molar-refractivity contribution in [3.63, 3.8) is 0 Å². The average molecular weight is 440 g/mol. The SMILES string of the molecule is CCNC(=NCCCC(=O)N1Cc2ccccc2C1)NC1CCCN(C2CCCCC2)C1. The first-order valence-corrected chi connectivity index (χ1v) is 12.9. The average Bonchev–Trinajstić information content (AvgIpc) is 3.27. The lowest BCUT2D eigenvalue weighted by molar-refractivity contribution is -0.131. The van der Waals surface area contributed by atoms with Crippen molar-refractivity contribution in [1.29, 1.82) is 0 Å². The third-order valence-electron chi connectivity index (χ3n) is 7.24. The van der Waals surface area contributed by atoms with Gasteiger partial charge in [-0.15, -0.1) is 0 Å². The summed E-state index contributed by atoms with van der Waals surface area (Å²) in [7, 11) is 0. The summed E-state index contributed by atoms with van der Waals surface area (Å²) < 4.78 is 0. The van der Waals surface area contributed by atoms with Crippen molar-refractivity contribution in [2.45, 2.75) is 89.9 Å². The minimum absolute atomic E-state index is 0.241. The lowest BCUT2D eigenvalue weighted by Crippen LogP contribution is -2.53. The number of benzene rings is 1. The summed E-state index contributed by atoms with van der Waals surface area (Å²) in [5, 5.41) is 7.09. The Kier molecular flexibility index (Phi) is 8.43. The van der Waals surface area contributed by atoms with Gasteiger partial charge in [0.2, 0.25) is 5.91 Å². The van der Waals surface area contributed by atoms with Crippen molar-refractivity contribution >= 4 is 11.9 Å². The molecule has 6 nitrogen and oxygen atoms in total. The summed E-state index contributed by atoms with van der Waals surface area (Å²) in [6.45, 7) is 7.53. The van der Waals surface area contributed by atoms with Crippen molar-refractivity contribution in [2.75, 3.05) is 26.2 Å². The third kappa shape index (κ3) is 6.25. The number of aliphatic imine (C=N–C) groups is 1. The molecular weight excluding hydrogens is 398 g/mol. The summed E-state index contributed by atoms with van der Waals surface area (Å²) in [5.74, 6) is 1.15. The number of hydrogen-bond acceptors (Lipinski definition) is 3. The number of fused-ring (bicyclic) bond motifs is 1. The fraction of sp³-hybridized carbons (Fsp3) is 0.692. The Bertz CT molecular complexity index is 748. The molecule has 0 radical (unpaired) electrons. The van der Waals surface area contributed by atoms with E-state index in [-0.39, 0.29) is 5.91 Å². The number of rotatable bonds is 7. The number of nitrogens with zero attached hydrogens (tertiary/aromatic N) is 3. The molecule has 0 spiro atoms. The van der Waals surface area contributed by atoms with Gasteiger partial charge >= 0.3 is 0 Å². The maximum absolute atomic E-state index is 12.6. The highest BCUT2D eigenvalue weighted by Crippen LogP contribution is 2.25. The molecule has 1 unspecified atom stereocenters. The topological polar surface area (TPSA) is 60.0 Å². The van der Waals surface area contributed by atoms with Crippen LogP contribution in [0.3, 0.4) is 0 Å². The van der Waals surface area contributed by atoms with Crippen LogP contribution in [0.15, 0.2) is 29.3 Å². The molecule has 2 aliphatic heterocycles. The minimum Gasteiger partial charge on any atom is -0.357 e. The van der Waals surface area contributed by atoms with Crippen LogP contribution in [-0.4, -0.2) is 59.9 Å². The lowest BCUT2D eigenvalue weighted by Gasteiger charge is -2.40. The van der Waals surface area contributed by atoms with Crippen molar-refractivity contribution in [3.05, 3.63) is 35.4 Å². The normalized spacial score (nSPS) is 22.6. The lowest BCUT2D eigenvalue weighted by atomic mass is 9.92. The first-order valence-electron chi connectivity index (χ1n) is 12.9. The van der Waals surface area contributed by atoms with Crippen LogP contribution in [-0.2, 0) is 17.9 Å². The Morgan fingerprint density at radius 3 is 2.53 bits per heavy atom. The Balaban J connectivity index is 1.21. The smallest absolute Gasteiger partial charge is 0.223 e. The minimum atomic E-state index is 0.241. The van der Waals surface area contributed by atoms with Crippen LogP contribution in [0, 0.1) is 0 Å². The van der Waals surface area contributed by atoms with Gasteiger partial charge in [0.1, 0.15) is 0 Å². The van der Waals surface area contributed by atoms with Gasteiger partial charge in [-0.25, -0.2) is 0 Å². The van der Waals surface area contributed by atoms with E-state index < -0.39 is 0 Å². The molecule has 0 aromatic heterocycles. The van der Waals surface area contributed by atoms with E-state index in [1.54, 1.807) is 0 Å². The van der Waals surface area contributed by atoms with Crippen LogP contribution in [0.2, 0.25) is 0 Å². The molecule has 176 valence electrons.